The van der Waals surface area contributed by atoms with Crippen molar-refractivity contribution in [2.75, 3.05) is 18.4 Å². The number of carbonyl (C=O) groups is 1. The summed E-state index contributed by atoms with van der Waals surface area (Å²) < 4.78 is -0.847. The Morgan fingerprint density at radius 3 is 2.67 bits per heavy atom. The predicted molar refractivity (Wildman–Crippen MR) is 70.7 cm³/mol. The van der Waals surface area contributed by atoms with Gasteiger partial charge in [-0.3, -0.25) is 4.79 Å². The van der Waals surface area contributed by atoms with Gasteiger partial charge < -0.3 is 10.6 Å². The molecular weight excluding hydrogens is 275 g/mol. The van der Waals surface area contributed by atoms with Crippen molar-refractivity contribution in [1.82, 2.24) is 15.3 Å². The Hall–Kier alpha value is -1.07. The van der Waals surface area contributed by atoms with Gasteiger partial charge in [0.2, 0.25) is 11.9 Å². The summed E-state index contributed by atoms with van der Waals surface area (Å²) in [4.78, 5) is 19.6. The zero-order valence-electron chi connectivity index (χ0n) is 9.70. The minimum atomic E-state index is -0.847. The topological polar surface area (TPSA) is 66.9 Å². The van der Waals surface area contributed by atoms with Crippen LogP contribution in [0, 0.1) is 5.92 Å². The Labute approximate surface area is 115 Å². The summed E-state index contributed by atoms with van der Waals surface area (Å²) >= 11 is 11.6. The number of hydrogen-bond acceptors (Lipinski definition) is 4. The molecule has 1 aliphatic carbocycles. The molecule has 1 amide bonds. The third-order valence-electron chi connectivity index (χ3n) is 2.64. The average Bonchev–Trinajstić information content (AvgIpc) is 2.99. The van der Waals surface area contributed by atoms with Crippen LogP contribution in [0.25, 0.3) is 0 Å². The molecule has 7 heteroatoms. The molecule has 0 spiro atoms. The van der Waals surface area contributed by atoms with Gasteiger partial charge in [0.15, 0.2) is 0 Å². The first-order valence-electron chi connectivity index (χ1n) is 5.76. The normalized spacial score (nSPS) is 20.2. The monoisotopic (exact) mass is 288 g/mol. The van der Waals surface area contributed by atoms with Crippen LogP contribution in [0.1, 0.15) is 12.8 Å². The van der Waals surface area contributed by atoms with Crippen LogP contribution in [-0.2, 0) is 4.79 Å². The maximum absolute atomic E-state index is 11.5. The predicted octanol–water partition coefficient (Wildman–Crippen LogP) is 1.59. The second-order valence-electron chi connectivity index (χ2n) is 4.16. The maximum Gasteiger partial charge on any atom is 0.226 e. The van der Waals surface area contributed by atoms with Crippen LogP contribution >= 0.6 is 23.2 Å². The van der Waals surface area contributed by atoms with Crippen molar-refractivity contribution in [3.8, 4) is 0 Å². The van der Waals surface area contributed by atoms with E-state index in [4.69, 9.17) is 23.2 Å². The highest BCUT2D eigenvalue weighted by Gasteiger charge is 2.56. The summed E-state index contributed by atoms with van der Waals surface area (Å²) in [6, 6.07) is 1.76. The van der Waals surface area contributed by atoms with Gasteiger partial charge >= 0.3 is 0 Å². The molecule has 1 aromatic rings. The van der Waals surface area contributed by atoms with Gasteiger partial charge in [-0.15, -0.1) is 23.2 Å². The van der Waals surface area contributed by atoms with E-state index in [-0.39, 0.29) is 11.8 Å². The number of aromatic nitrogens is 2. The van der Waals surface area contributed by atoms with E-state index in [1.54, 1.807) is 18.5 Å². The van der Waals surface area contributed by atoms with E-state index in [0.717, 1.165) is 6.42 Å². The van der Waals surface area contributed by atoms with E-state index < -0.39 is 4.33 Å². The van der Waals surface area contributed by atoms with Crippen LogP contribution in [0.2, 0.25) is 0 Å². The van der Waals surface area contributed by atoms with Gasteiger partial charge in [0, 0.05) is 25.5 Å². The van der Waals surface area contributed by atoms with Crippen LogP contribution in [-0.4, -0.2) is 33.3 Å². The molecule has 5 nitrogen and oxygen atoms in total. The lowest BCUT2D eigenvalue weighted by atomic mass is 10.3. The lowest BCUT2D eigenvalue weighted by molar-refractivity contribution is -0.122. The zero-order valence-corrected chi connectivity index (χ0v) is 11.2. The van der Waals surface area contributed by atoms with Crippen molar-refractivity contribution in [3.63, 3.8) is 0 Å². The first kappa shape index (κ1) is 13.4. The zero-order chi connectivity index (χ0) is 13.0. The number of rotatable bonds is 6. The molecule has 1 saturated carbocycles. The fourth-order valence-electron chi connectivity index (χ4n) is 1.51. The second-order valence-corrected chi connectivity index (χ2v) is 5.70. The van der Waals surface area contributed by atoms with E-state index in [0.29, 0.717) is 25.5 Å². The minimum absolute atomic E-state index is 0.0732. The van der Waals surface area contributed by atoms with Crippen LogP contribution in [0.5, 0.6) is 0 Å². The number of anilines is 1. The highest BCUT2D eigenvalue weighted by molar-refractivity contribution is 6.52. The Morgan fingerprint density at radius 2 is 2.06 bits per heavy atom. The Kier molecular flexibility index (Phi) is 4.24. The molecule has 1 aromatic heterocycles. The molecule has 18 heavy (non-hydrogen) atoms. The van der Waals surface area contributed by atoms with Crippen molar-refractivity contribution in [1.29, 1.82) is 0 Å². The molecule has 1 fully saturated rings. The molecule has 1 atom stereocenters. The van der Waals surface area contributed by atoms with E-state index in [1.165, 1.54) is 0 Å². The van der Waals surface area contributed by atoms with Crippen molar-refractivity contribution < 1.29 is 4.79 Å². The molecule has 0 aromatic carbocycles. The molecule has 0 radical (unpaired) electrons. The molecule has 0 aliphatic heterocycles. The van der Waals surface area contributed by atoms with Crippen LogP contribution in [0.15, 0.2) is 18.5 Å². The lowest BCUT2D eigenvalue weighted by Gasteiger charge is -2.06. The summed E-state index contributed by atoms with van der Waals surface area (Å²) in [6.07, 6.45) is 4.67. The quantitative estimate of drug-likeness (QED) is 0.616. The van der Waals surface area contributed by atoms with E-state index in [9.17, 15) is 4.79 Å². The van der Waals surface area contributed by atoms with Gasteiger partial charge in [-0.05, 0) is 18.9 Å². The Morgan fingerprint density at radius 1 is 1.39 bits per heavy atom. The molecule has 98 valence electrons. The minimum Gasteiger partial charge on any atom is -0.356 e. The standard InChI is InChI=1S/C11H14Cl2N4O/c12-11(13)7-8(11)9(18)14-3-1-4-15-10-16-5-2-6-17-10/h2,5-6,8H,1,3-4,7H2,(H,14,18)(H,15,16,17). The third kappa shape index (κ3) is 3.71. The molecule has 1 aliphatic rings. The Bertz CT molecular complexity index is 413. The third-order valence-corrected chi connectivity index (χ3v) is 3.48. The summed E-state index contributed by atoms with van der Waals surface area (Å²) in [5, 5.41) is 5.85. The number of carbonyl (C=O) groups excluding carboxylic acids is 1. The molecular formula is C11H14Cl2N4O. The van der Waals surface area contributed by atoms with Gasteiger partial charge in [0.05, 0.1) is 5.92 Å². The van der Waals surface area contributed by atoms with Crippen molar-refractivity contribution in [3.05, 3.63) is 18.5 Å². The molecule has 0 bridgehead atoms. The van der Waals surface area contributed by atoms with Gasteiger partial charge in [-0.25, -0.2) is 9.97 Å². The number of amides is 1. The second kappa shape index (κ2) is 5.71. The van der Waals surface area contributed by atoms with Crippen molar-refractivity contribution in [2.45, 2.75) is 17.2 Å². The number of nitrogens with one attached hydrogen (secondary N) is 2. The number of hydrogen-bond donors (Lipinski definition) is 2. The molecule has 2 N–H and O–H groups in total. The van der Waals surface area contributed by atoms with Crippen molar-refractivity contribution >= 4 is 35.1 Å². The number of alkyl halides is 2. The molecule has 1 unspecified atom stereocenters. The molecule has 0 saturated heterocycles. The van der Waals surface area contributed by atoms with Gasteiger partial charge in [0.1, 0.15) is 4.33 Å². The number of nitrogens with zero attached hydrogens (tertiary/aromatic N) is 2. The lowest BCUT2D eigenvalue weighted by Crippen LogP contribution is -2.28. The average molecular weight is 289 g/mol. The van der Waals surface area contributed by atoms with Crippen LogP contribution in [0.4, 0.5) is 5.95 Å². The Balaban J connectivity index is 1.56. The van der Waals surface area contributed by atoms with Gasteiger partial charge in [0.25, 0.3) is 0 Å². The SMILES string of the molecule is O=C(NCCCNc1ncccn1)C1CC1(Cl)Cl. The van der Waals surface area contributed by atoms with Gasteiger partial charge in [-0.2, -0.15) is 0 Å². The van der Waals surface area contributed by atoms with Crippen LogP contribution < -0.4 is 10.6 Å². The van der Waals surface area contributed by atoms with E-state index >= 15 is 0 Å². The fourth-order valence-corrected chi connectivity index (χ4v) is 2.02. The van der Waals surface area contributed by atoms with Gasteiger partial charge in [-0.1, -0.05) is 0 Å². The van der Waals surface area contributed by atoms with E-state index in [1.807, 2.05) is 0 Å². The summed E-state index contributed by atoms with van der Waals surface area (Å²) in [5.41, 5.74) is 0. The summed E-state index contributed by atoms with van der Waals surface area (Å²) in [7, 11) is 0. The molecule has 1 heterocycles. The first-order valence-corrected chi connectivity index (χ1v) is 6.51. The molecule has 2 rings (SSSR count). The number of halogens is 2. The summed E-state index contributed by atoms with van der Waals surface area (Å²) in [6.45, 7) is 1.28. The first-order chi connectivity index (χ1) is 8.59. The smallest absolute Gasteiger partial charge is 0.226 e. The fraction of sp³-hybridized carbons (Fsp3) is 0.545. The van der Waals surface area contributed by atoms with Crippen molar-refractivity contribution in [2.24, 2.45) is 5.92 Å². The van der Waals surface area contributed by atoms with E-state index in [2.05, 4.69) is 20.6 Å². The highest BCUT2D eigenvalue weighted by Crippen LogP contribution is 2.53. The largest absolute Gasteiger partial charge is 0.356 e. The highest BCUT2D eigenvalue weighted by atomic mass is 35.5. The maximum atomic E-state index is 11.5. The summed E-state index contributed by atoms with van der Waals surface area (Å²) in [5.74, 6) is 0.258. The van der Waals surface area contributed by atoms with Crippen LogP contribution in [0.3, 0.4) is 0 Å².